The van der Waals surface area contributed by atoms with Crippen LogP contribution < -0.4 is 10.0 Å². The zero-order valence-corrected chi connectivity index (χ0v) is 18.8. The molecule has 0 radical (unpaired) electrons. The van der Waals surface area contributed by atoms with Crippen molar-refractivity contribution in [1.82, 2.24) is 0 Å². The zero-order valence-electron chi connectivity index (χ0n) is 15.7. The summed E-state index contributed by atoms with van der Waals surface area (Å²) in [5.74, 6) is -0.389. The summed E-state index contributed by atoms with van der Waals surface area (Å²) in [7, 11) is -3.74. The van der Waals surface area contributed by atoms with Gasteiger partial charge in [0.15, 0.2) is 0 Å². The number of benzene rings is 3. The Morgan fingerprint density at radius 2 is 1.55 bits per heavy atom. The molecule has 0 aliphatic rings. The van der Waals surface area contributed by atoms with E-state index < -0.39 is 10.0 Å². The van der Waals surface area contributed by atoms with Gasteiger partial charge in [-0.1, -0.05) is 33.6 Å². The largest absolute Gasteiger partial charge is 0.322 e. The third-order valence-electron chi connectivity index (χ3n) is 4.35. The summed E-state index contributed by atoms with van der Waals surface area (Å²) in [5.41, 5.74) is 3.34. The number of hydrogen-bond acceptors (Lipinski definition) is 3. The summed E-state index contributed by atoms with van der Waals surface area (Å²) in [5, 5.41) is 3.03. The smallest absolute Gasteiger partial charge is 0.261 e. The summed E-state index contributed by atoms with van der Waals surface area (Å²) in [6, 6.07) is 16.2. The van der Waals surface area contributed by atoms with Crippen LogP contribution in [-0.4, -0.2) is 14.3 Å². The number of rotatable bonds is 5. The zero-order chi connectivity index (χ0) is 21.2. The quantitative estimate of drug-likeness (QED) is 0.473. The highest BCUT2D eigenvalue weighted by atomic mass is 79.9. The molecule has 0 saturated carbocycles. The third kappa shape index (κ3) is 5.18. The molecule has 3 aromatic rings. The van der Waals surface area contributed by atoms with E-state index in [1.807, 2.05) is 19.9 Å². The van der Waals surface area contributed by atoms with E-state index in [4.69, 9.17) is 11.6 Å². The molecule has 0 aromatic heterocycles. The fraction of sp³-hybridized carbons (Fsp3) is 0.0952. The van der Waals surface area contributed by atoms with Crippen LogP contribution in [-0.2, 0) is 10.0 Å². The molecular formula is C21H18BrClN2O3S. The van der Waals surface area contributed by atoms with E-state index in [0.717, 1.165) is 15.6 Å². The van der Waals surface area contributed by atoms with E-state index in [9.17, 15) is 13.2 Å². The van der Waals surface area contributed by atoms with E-state index in [-0.39, 0.29) is 10.8 Å². The first kappa shape index (κ1) is 21.4. The maximum atomic E-state index is 12.6. The highest BCUT2D eigenvalue weighted by Gasteiger charge is 2.16. The monoisotopic (exact) mass is 492 g/mol. The Bertz CT molecular complexity index is 1180. The maximum Gasteiger partial charge on any atom is 0.261 e. The van der Waals surface area contributed by atoms with Crippen LogP contribution >= 0.6 is 27.5 Å². The van der Waals surface area contributed by atoms with Gasteiger partial charge in [-0.15, -0.1) is 0 Å². The Kier molecular flexibility index (Phi) is 6.31. The fourth-order valence-corrected chi connectivity index (χ4v) is 4.22. The van der Waals surface area contributed by atoms with Crippen molar-refractivity contribution in [2.45, 2.75) is 18.7 Å². The van der Waals surface area contributed by atoms with E-state index in [2.05, 4.69) is 26.0 Å². The lowest BCUT2D eigenvalue weighted by atomic mass is 10.1. The predicted octanol–water partition coefficient (Wildman–Crippen LogP) is 5.77. The van der Waals surface area contributed by atoms with Gasteiger partial charge < -0.3 is 5.32 Å². The van der Waals surface area contributed by atoms with E-state index in [0.29, 0.717) is 22.0 Å². The van der Waals surface area contributed by atoms with Gasteiger partial charge in [-0.05, 0) is 79.6 Å². The number of anilines is 2. The molecule has 0 aliphatic carbocycles. The molecule has 8 heteroatoms. The predicted molar refractivity (Wildman–Crippen MR) is 120 cm³/mol. The summed E-state index contributed by atoms with van der Waals surface area (Å²) >= 11 is 9.38. The lowest BCUT2D eigenvalue weighted by Gasteiger charge is -2.11. The van der Waals surface area contributed by atoms with Gasteiger partial charge in [-0.2, -0.15) is 0 Å². The van der Waals surface area contributed by atoms with E-state index in [1.165, 1.54) is 24.3 Å². The molecule has 29 heavy (non-hydrogen) atoms. The van der Waals surface area contributed by atoms with Crippen molar-refractivity contribution in [3.05, 3.63) is 86.8 Å². The number of carbonyl (C=O) groups is 1. The first-order valence-electron chi connectivity index (χ1n) is 8.62. The van der Waals surface area contributed by atoms with Crippen LogP contribution in [0.15, 0.2) is 70.0 Å². The number of halogens is 2. The minimum atomic E-state index is -3.74. The Labute approximate surface area is 183 Å². The van der Waals surface area contributed by atoms with Gasteiger partial charge in [0.2, 0.25) is 0 Å². The average molecular weight is 494 g/mol. The second kappa shape index (κ2) is 8.57. The topological polar surface area (TPSA) is 75.3 Å². The van der Waals surface area contributed by atoms with Gasteiger partial charge in [0.25, 0.3) is 15.9 Å². The Morgan fingerprint density at radius 1 is 0.897 bits per heavy atom. The molecule has 0 heterocycles. The molecule has 0 saturated heterocycles. The van der Waals surface area contributed by atoms with Crippen LogP contribution in [0.4, 0.5) is 11.4 Å². The molecule has 0 aliphatic heterocycles. The second-order valence-corrected chi connectivity index (χ2v) is 9.51. The van der Waals surface area contributed by atoms with Crippen LogP contribution in [0, 0.1) is 13.8 Å². The van der Waals surface area contributed by atoms with Crippen LogP contribution in [0.3, 0.4) is 0 Å². The molecule has 0 spiro atoms. The summed E-state index contributed by atoms with van der Waals surface area (Å²) in [6.07, 6.45) is 0. The molecule has 2 N–H and O–H groups in total. The Balaban J connectivity index is 1.76. The van der Waals surface area contributed by atoms with Crippen LogP contribution in [0.25, 0.3) is 0 Å². The lowest BCUT2D eigenvalue weighted by molar-refractivity contribution is 0.102. The summed E-state index contributed by atoms with van der Waals surface area (Å²) in [6.45, 7) is 3.88. The van der Waals surface area contributed by atoms with Crippen molar-refractivity contribution < 1.29 is 13.2 Å². The van der Waals surface area contributed by atoms with Gasteiger partial charge >= 0.3 is 0 Å². The molecule has 0 fully saturated rings. The number of nitrogens with one attached hydrogen (secondary N) is 2. The molecular weight excluding hydrogens is 476 g/mol. The third-order valence-corrected chi connectivity index (χ3v) is 6.57. The van der Waals surface area contributed by atoms with Crippen molar-refractivity contribution in [3.63, 3.8) is 0 Å². The van der Waals surface area contributed by atoms with Crippen molar-refractivity contribution >= 4 is 54.8 Å². The van der Waals surface area contributed by atoms with Crippen LogP contribution in [0.5, 0.6) is 0 Å². The highest BCUT2D eigenvalue weighted by Crippen LogP contribution is 2.23. The normalized spacial score (nSPS) is 11.2. The van der Waals surface area contributed by atoms with Gasteiger partial charge in [0.1, 0.15) is 0 Å². The van der Waals surface area contributed by atoms with Gasteiger partial charge in [-0.3, -0.25) is 9.52 Å². The van der Waals surface area contributed by atoms with Crippen molar-refractivity contribution in [2.75, 3.05) is 10.0 Å². The van der Waals surface area contributed by atoms with Gasteiger partial charge in [0.05, 0.1) is 15.5 Å². The fourth-order valence-electron chi connectivity index (χ4n) is 2.61. The second-order valence-electron chi connectivity index (χ2n) is 6.51. The van der Waals surface area contributed by atoms with E-state index >= 15 is 0 Å². The SMILES string of the molecule is Cc1ccc(NS(=O)(=O)c2ccc(NC(=O)c3cc(Br)ccc3Cl)cc2)cc1C. The molecule has 0 bridgehead atoms. The summed E-state index contributed by atoms with van der Waals surface area (Å²) < 4.78 is 28.5. The molecule has 3 aromatic carbocycles. The first-order chi connectivity index (χ1) is 13.7. The Morgan fingerprint density at radius 3 is 2.21 bits per heavy atom. The molecule has 150 valence electrons. The molecule has 0 atom stereocenters. The maximum absolute atomic E-state index is 12.6. The van der Waals surface area contributed by atoms with E-state index in [1.54, 1.807) is 30.3 Å². The number of aryl methyl sites for hydroxylation is 2. The van der Waals surface area contributed by atoms with Gasteiger partial charge in [0, 0.05) is 15.8 Å². The molecule has 3 rings (SSSR count). The highest BCUT2D eigenvalue weighted by molar-refractivity contribution is 9.10. The van der Waals surface area contributed by atoms with Crippen molar-refractivity contribution in [2.24, 2.45) is 0 Å². The molecule has 0 unspecified atom stereocenters. The standard InChI is InChI=1S/C21H18BrClN2O3S/c1-13-3-5-17(11-14(13)2)25-29(27,28)18-8-6-16(7-9-18)24-21(26)19-12-15(22)4-10-20(19)23/h3-12,25H,1-2H3,(H,24,26). The van der Waals surface area contributed by atoms with Crippen molar-refractivity contribution in [3.8, 4) is 0 Å². The lowest BCUT2D eigenvalue weighted by Crippen LogP contribution is -2.14. The summed E-state index contributed by atoms with van der Waals surface area (Å²) in [4.78, 5) is 12.5. The average Bonchev–Trinajstić information content (AvgIpc) is 2.67. The number of amides is 1. The van der Waals surface area contributed by atoms with Crippen LogP contribution in [0.2, 0.25) is 5.02 Å². The van der Waals surface area contributed by atoms with Crippen molar-refractivity contribution in [1.29, 1.82) is 0 Å². The minimum Gasteiger partial charge on any atom is -0.322 e. The Hall–Kier alpha value is -2.35. The van der Waals surface area contributed by atoms with Gasteiger partial charge in [-0.25, -0.2) is 8.42 Å². The number of sulfonamides is 1. The molecule has 1 amide bonds. The molecule has 5 nitrogen and oxygen atoms in total. The minimum absolute atomic E-state index is 0.0919. The number of hydrogen-bond donors (Lipinski definition) is 2. The van der Waals surface area contributed by atoms with Crippen LogP contribution in [0.1, 0.15) is 21.5 Å². The first-order valence-corrected chi connectivity index (χ1v) is 11.3. The number of carbonyl (C=O) groups excluding carboxylic acids is 1.